The molecule has 0 spiro atoms. The van der Waals surface area contributed by atoms with Gasteiger partial charge in [0.25, 0.3) is 0 Å². The monoisotopic (exact) mass is 383 g/mol. The lowest BCUT2D eigenvalue weighted by Gasteiger charge is -2.34. The van der Waals surface area contributed by atoms with Crippen molar-refractivity contribution in [1.82, 2.24) is 14.9 Å². The van der Waals surface area contributed by atoms with E-state index in [4.69, 9.17) is 4.74 Å². The Kier molecular flexibility index (Phi) is 5.06. The molecule has 2 amide bonds. The minimum Gasteiger partial charge on any atom is -0.492 e. The molecule has 27 heavy (non-hydrogen) atoms. The molecular weight excluding hydrogens is 362 g/mol. The fourth-order valence-corrected chi connectivity index (χ4v) is 4.00. The van der Waals surface area contributed by atoms with Crippen LogP contribution in [-0.2, 0) is 0 Å². The van der Waals surface area contributed by atoms with Gasteiger partial charge in [0.05, 0.1) is 12.3 Å². The van der Waals surface area contributed by atoms with Gasteiger partial charge in [-0.1, -0.05) is 23.5 Å². The predicted octanol–water partition coefficient (Wildman–Crippen LogP) is 3.44. The number of piperazine rings is 1. The molecule has 0 bridgehead atoms. The Morgan fingerprint density at radius 1 is 1.19 bits per heavy atom. The van der Waals surface area contributed by atoms with Gasteiger partial charge in [-0.05, 0) is 31.2 Å². The molecule has 1 aliphatic rings. The van der Waals surface area contributed by atoms with Crippen LogP contribution < -0.4 is 15.0 Å². The summed E-state index contributed by atoms with van der Waals surface area (Å²) in [6, 6.07) is 11.3. The first-order chi connectivity index (χ1) is 13.2. The lowest BCUT2D eigenvalue weighted by atomic mass is 10.3. The maximum atomic E-state index is 12.6. The highest BCUT2D eigenvalue weighted by Crippen LogP contribution is 2.28. The van der Waals surface area contributed by atoms with Gasteiger partial charge in [-0.15, -0.1) is 0 Å². The van der Waals surface area contributed by atoms with Crippen LogP contribution >= 0.6 is 11.3 Å². The number of amides is 2. The minimum absolute atomic E-state index is 0.104. The Balaban J connectivity index is 1.38. The fourth-order valence-electron chi connectivity index (χ4n) is 3.04. The zero-order chi connectivity index (χ0) is 18.6. The van der Waals surface area contributed by atoms with Gasteiger partial charge < -0.3 is 19.9 Å². The highest BCUT2D eigenvalue weighted by Gasteiger charge is 2.23. The highest BCUT2D eigenvalue weighted by atomic mass is 32.1. The van der Waals surface area contributed by atoms with Gasteiger partial charge in [-0.2, -0.15) is 0 Å². The molecule has 3 aromatic rings. The van der Waals surface area contributed by atoms with Crippen molar-refractivity contribution in [2.45, 2.75) is 6.92 Å². The first-order valence-electron chi connectivity index (χ1n) is 8.99. The Bertz CT molecular complexity index is 904. The molecule has 8 heteroatoms. The Morgan fingerprint density at radius 3 is 2.78 bits per heavy atom. The number of rotatable bonds is 4. The van der Waals surface area contributed by atoms with Crippen molar-refractivity contribution >= 4 is 38.5 Å². The molecule has 1 N–H and O–H groups in total. The van der Waals surface area contributed by atoms with Gasteiger partial charge in [-0.25, -0.2) is 14.8 Å². The minimum atomic E-state index is -0.104. The third-order valence-electron chi connectivity index (χ3n) is 4.42. The first-order valence-corrected chi connectivity index (χ1v) is 9.80. The number of hydrogen-bond donors (Lipinski definition) is 1. The third kappa shape index (κ3) is 3.80. The number of urea groups is 1. The first kappa shape index (κ1) is 17.5. The Morgan fingerprint density at radius 2 is 2.00 bits per heavy atom. The summed E-state index contributed by atoms with van der Waals surface area (Å²) < 4.78 is 5.57. The molecule has 4 rings (SSSR count). The summed E-state index contributed by atoms with van der Waals surface area (Å²) in [4.78, 5) is 26.6. The normalized spacial score (nSPS) is 14.4. The van der Waals surface area contributed by atoms with Crippen molar-refractivity contribution in [1.29, 1.82) is 0 Å². The van der Waals surface area contributed by atoms with Crippen molar-refractivity contribution < 1.29 is 9.53 Å². The van der Waals surface area contributed by atoms with Crippen LogP contribution in [0.2, 0.25) is 0 Å². The van der Waals surface area contributed by atoms with E-state index in [-0.39, 0.29) is 6.03 Å². The lowest BCUT2D eigenvalue weighted by molar-refractivity contribution is 0.208. The summed E-state index contributed by atoms with van der Waals surface area (Å²) in [5.74, 6) is 0.689. The fraction of sp³-hybridized carbons (Fsp3) is 0.316. The lowest BCUT2D eigenvalue weighted by Crippen LogP contribution is -2.50. The summed E-state index contributed by atoms with van der Waals surface area (Å²) >= 11 is 1.59. The van der Waals surface area contributed by atoms with E-state index in [0.29, 0.717) is 31.1 Å². The van der Waals surface area contributed by atoms with E-state index in [1.165, 1.54) is 0 Å². The molecule has 140 valence electrons. The molecule has 0 aliphatic carbocycles. The highest BCUT2D eigenvalue weighted by molar-refractivity contribution is 7.21. The smallest absolute Gasteiger partial charge is 0.322 e. The number of nitrogens with zero attached hydrogens (tertiary/aromatic N) is 4. The van der Waals surface area contributed by atoms with E-state index >= 15 is 0 Å². The number of fused-ring (bicyclic) bond motifs is 1. The van der Waals surface area contributed by atoms with Gasteiger partial charge in [0, 0.05) is 32.4 Å². The molecule has 1 aliphatic heterocycles. The second-order valence-corrected chi connectivity index (χ2v) is 7.11. The van der Waals surface area contributed by atoms with Crippen LogP contribution in [0.25, 0.3) is 10.3 Å². The number of benzene rings is 1. The number of ether oxygens (including phenoxy) is 1. The van der Waals surface area contributed by atoms with Gasteiger partial charge in [0.2, 0.25) is 0 Å². The molecule has 0 unspecified atom stereocenters. The molecule has 0 atom stereocenters. The summed E-state index contributed by atoms with van der Waals surface area (Å²) in [6.07, 6.45) is 1.78. The SMILES string of the molecule is CCOc1ccccc1NC(=O)N1CCN(c2nc3cccnc3s2)CC1. The van der Waals surface area contributed by atoms with Crippen LogP contribution in [0.15, 0.2) is 42.6 Å². The van der Waals surface area contributed by atoms with E-state index in [1.807, 2.05) is 48.2 Å². The Hall–Kier alpha value is -2.87. The number of aromatic nitrogens is 2. The Labute approximate surface area is 161 Å². The molecule has 0 radical (unpaired) electrons. The quantitative estimate of drug-likeness (QED) is 0.747. The summed E-state index contributed by atoms with van der Waals surface area (Å²) in [5.41, 5.74) is 1.62. The maximum Gasteiger partial charge on any atom is 0.322 e. The van der Waals surface area contributed by atoms with Crippen LogP contribution in [0.5, 0.6) is 5.75 Å². The summed E-state index contributed by atoms with van der Waals surface area (Å²) in [7, 11) is 0. The second-order valence-electron chi connectivity index (χ2n) is 6.16. The molecule has 1 fully saturated rings. The molecule has 7 nitrogen and oxygen atoms in total. The van der Waals surface area contributed by atoms with E-state index in [0.717, 1.165) is 28.6 Å². The van der Waals surface area contributed by atoms with Gasteiger partial charge in [0.15, 0.2) is 5.13 Å². The molecule has 0 saturated carbocycles. The standard InChI is InChI=1S/C19H21N5O2S/c1-2-26-16-8-4-3-6-14(16)21-18(25)23-10-12-24(13-11-23)19-22-15-7-5-9-20-17(15)27-19/h3-9H,2,10-13H2,1H3,(H,21,25). The molecular formula is C19H21N5O2S. The zero-order valence-electron chi connectivity index (χ0n) is 15.1. The van der Waals surface area contributed by atoms with Crippen molar-refractivity contribution in [3.63, 3.8) is 0 Å². The van der Waals surface area contributed by atoms with Crippen LogP contribution in [0.4, 0.5) is 15.6 Å². The number of nitrogens with one attached hydrogen (secondary N) is 1. The topological polar surface area (TPSA) is 70.6 Å². The van der Waals surface area contributed by atoms with Crippen LogP contribution in [0.3, 0.4) is 0 Å². The van der Waals surface area contributed by atoms with E-state index in [1.54, 1.807) is 17.5 Å². The maximum absolute atomic E-state index is 12.6. The van der Waals surface area contributed by atoms with Crippen LogP contribution in [-0.4, -0.2) is 53.7 Å². The molecule has 2 aromatic heterocycles. The van der Waals surface area contributed by atoms with Crippen molar-refractivity contribution in [2.75, 3.05) is 43.0 Å². The zero-order valence-corrected chi connectivity index (χ0v) is 15.9. The summed E-state index contributed by atoms with van der Waals surface area (Å²) in [6.45, 7) is 5.27. The molecule has 1 aromatic carbocycles. The third-order valence-corrected chi connectivity index (χ3v) is 5.46. The van der Waals surface area contributed by atoms with Crippen LogP contribution in [0, 0.1) is 0 Å². The van der Waals surface area contributed by atoms with Gasteiger partial charge in [-0.3, -0.25) is 0 Å². The number of carbonyl (C=O) groups is 1. The number of thiazole rings is 1. The largest absolute Gasteiger partial charge is 0.492 e. The van der Waals surface area contributed by atoms with Gasteiger partial charge in [0.1, 0.15) is 16.1 Å². The predicted molar refractivity (Wildman–Crippen MR) is 108 cm³/mol. The number of para-hydroxylation sites is 2. The van der Waals surface area contributed by atoms with Crippen LogP contribution in [0.1, 0.15) is 6.92 Å². The van der Waals surface area contributed by atoms with E-state index in [9.17, 15) is 4.79 Å². The van der Waals surface area contributed by atoms with Crippen molar-refractivity contribution in [3.05, 3.63) is 42.6 Å². The molecule has 1 saturated heterocycles. The number of pyridine rings is 1. The number of carbonyl (C=O) groups excluding carboxylic acids is 1. The second kappa shape index (κ2) is 7.79. The summed E-state index contributed by atoms with van der Waals surface area (Å²) in [5, 5.41) is 3.92. The number of anilines is 2. The van der Waals surface area contributed by atoms with Gasteiger partial charge >= 0.3 is 6.03 Å². The van der Waals surface area contributed by atoms with Crippen molar-refractivity contribution in [3.8, 4) is 5.75 Å². The number of hydrogen-bond acceptors (Lipinski definition) is 6. The average Bonchev–Trinajstić information content (AvgIpc) is 3.14. The van der Waals surface area contributed by atoms with E-state index in [2.05, 4.69) is 20.2 Å². The average molecular weight is 383 g/mol. The molecule has 3 heterocycles. The van der Waals surface area contributed by atoms with E-state index < -0.39 is 0 Å². The van der Waals surface area contributed by atoms with Crippen molar-refractivity contribution in [2.24, 2.45) is 0 Å².